The van der Waals surface area contributed by atoms with Crippen LogP contribution in [0.15, 0.2) is 26.8 Å². The lowest BCUT2D eigenvalue weighted by atomic mass is 10.1. The summed E-state index contributed by atoms with van der Waals surface area (Å²) >= 11 is 6.49. The Morgan fingerprint density at radius 1 is 0.450 bits per heavy atom. The standard InChI is InChI=1S/C37H67S3/c1-5-9-13-16-19-22-25-29-38-35-32-34(28-12-8-4)33-36(39-30-26-23-20-17-14-10-6-2)37(35)40-31-27-24-21-18-15-11-7-3/h32-33H,4-31H2,1-3H3. The molecule has 40 heavy (non-hydrogen) atoms. The lowest BCUT2D eigenvalue weighted by Crippen LogP contribution is -1.95. The Kier molecular flexibility index (Phi) is 28.1. The molecule has 0 fully saturated rings. The molecule has 0 N–H and O–H groups in total. The molecule has 0 bridgehead atoms. The molecule has 0 nitrogen and oxygen atoms in total. The van der Waals surface area contributed by atoms with Crippen molar-refractivity contribution in [1.82, 2.24) is 0 Å². The Morgan fingerprint density at radius 2 is 0.800 bits per heavy atom. The summed E-state index contributed by atoms with van der Waals surface area (Å²) in [6.45, 7) is 11.1. The first kappa shape index (κ1) is 38.3. The smallest absolute Gasteiger partial charge is 0.0344 e. The molecule has 0 aliphatic rings. The molecule has 0 aliphatic carbocycles. The van der Waals surface area contributed by atoms with Gasteiger partial charge in [-0.15, -0.1) is 35.3 Å². The van der Waals surface area contributed by atoms with Crippen LogP contribution < -0.4 is 0 Å². The van der Waals surface area contributed by atoms with Gasteiger partial charge in [-0.1, -0.05) is 150 Å². The summed E-state index contributed by atoms with van der Waals surface area (Å²) in [7, 11) is 0. The van der Waals surface area contributed by atoms with Crippen LogP contribution in [-0.4, -0.2) is 17.3 Å². The monoisotopic (exact) mass is 607 g/mol. The number of hydrogen-bond donors (Lipinski definition) is 0. The van der Waals surface area contributed by atoms with E-state index in [-0.39, 0.29) is 0 Å². The Morgan fingerprint density at radius 3 is 1.18 bits per heavy atom. The molecule has 0 aromatic heterocycles. The van der Waals surface area contributed by atoms with Crippen molar-refractivity contribution >= 4 is 35.3 Å². The van der Waals surface area contributed by atoms with Crippen LogP contribution in [0, 0.1) is 6.92 Å². The first-order valence-corrected chi connectivity index (χ1v) is 20.6. The lowest BCUT2D eigenvalue weighted by Gasteiger charge is -2.17. The minimum Gasteiger partial charge on any atom is -0.125 e. The Bertz CT molecular complexity index is 630. The van der Waals surface area contributed by atoms with Crippen LogP contribution >= 0.6 is 35.3 Å². The molecule has 0 atom stereocenters. The SMILES string of the molecule is [CH2]CCCc1cc(SCCCCCCCCC)c(SCCCCCCCCC)c(SCCCCCCCCC)c1. The first-order valence-electron chi connectivity index (χ1n) is 17.6. The minimum absolute atomic E-state index is 1.04. The van der Waals surface area contributed by atoms with E-state index in [1.807, 2.05) is 0 Å². The van der Waals surface area contributed by atoms with Crippen LogP contribution in [0.25, 0.3) is 0 Å². The molecule has 0 spiro atoms. The third-order valence-electron chi connectivity index (χ3n) is 7.80. The molecule has 233 valence electrons. The van der Waals surface area contributed by atoms with Gasteiger partial charge in [-0.05, 0) is 67.1 Å². The van der Waals surface area contributed by atoms with Crippen LogP contribution in [0.3, 0.4) is 0 Å². The third kappa shape index (κ3) is 21.0. The van der Waals surface area contributed by atoms with Gasteiger partial charge in [0.1, 0.15) is 0 Å². The van der Waals surface area contributed by atoms with Crippen LogP contribution in [0.4, 0.5) is 0 Å². The van der Waals surface area contributed by atoms with Gasteiger partial charge in [-0.2, -0.15) is 0 Å². The fourth-order valence-electron chi connectivity index (χ4n) is 5.18. The molecular weight excluding hydrogens is 541 g/mol. The fraction of sp³-hybridized carbons (Fsp3) is 0.811. The molecule has 0 aliphatic heterocycles. The molecule has 0 unspecified atom stereocenters. The molecule has 0 saturated carbocycles. The zero-order valence-electron chi connectivity index (χ0n) is 27.2. The lowest BCUT2D eigenvalue weighted by molar-refractivity contribution is 0.603. The van der Waals surface area contributed by atoms with E-state index in [0.717, 1.165) is 6.42 Å². The molecule has 0 heterocycles. The van der Waals surface area contributed by atoms with Gasteiger partial charge in [-0.3, -0.25) is 0 Å². The maximum Gasteiger partial charge on any atom is 0.0344 e. The van der Waals surface area contributed by atoms with Gasteiger partial charge in [0.2, 0.25) is 0 Å². The maximum absolute atomic E-state index is 4.12. The molecule has 0 saturated heterocycles. The predicted molar refractivity (Wildman–Crippen MR) is 191 cm³/mol. The fourth-order valence-corrected chi connectivity index (χ4v) is 8.99. The number of benzene rings is 1. The van der Waals surface area contributed by atoms with Crippen LogP contribution in [0.5, 0.6) is 0 Å². The quantitative estimate of drug-likeness (QED) is 0.0630. The van der Waals surface area contributed by atoms with E-state index < -0.39 is 0 Å². The summed E-state index contributed by atoms with van der Waals surface area (Å²) < 4.78 is 0. The Labute approximate surface area is 265 Å². The van der Waals surface area contributed by atoms with E-state index in [1.54, 1.807) is 20.2 Å². The van der Waals surface area contributed by atoms with Gasteiger partial charge in [-0.25, -0.2) is 0 Å². The van der Waals surface area contributed by atoms with Crippen molar-refractivity contribution in [3.63, 3.8) is 0 Å². The van der Waals surface area contributed by atoms with E-state index in [4.69, 9.17) is 0 Å². The Balaban J connectivity index is 2.76. The second-order valence-electron chi connectivity index (χ2n) is 11.8. The largest absolute Gasteiger partial charge is 0.125 e. The zero-order chi connectivity index (χ0) is 28.9. The van der Waals surface area contributed by atoms with Gasteiger partial charge in [0.05, 0.1) is 0 Å². The van der Waals surface area contributed by atoms with Gasteiger partial charge >= 0.3 is 0 Å². The predicted octanol–water partition coefficient (Wildman–Crippen LogP) is 14.4. The summed E-state index contributed by atoms with van der Waals surface area (Å²) in [5, 5.41) is 0. The topological polar surface area (TPSA) is 0 Å². The van der Waals surface area contributed by atoms with Crippen LogP contribution in [0.1, 0.15) is 174 Å². The van der Waals surface area contributed by atoms with Crippen LogP contribution in [0.2, 0.25) is 0 Å². The average Bonchev–Trinajstić information content (AvgIpc) is 2.96. The number of rotatable bonds is 30. The summed E-state index contributed by atoms with van der Waals surface area (Å²) in [6, 6.07) is 5.12. The van der Waals surface area contributed by atoms with Crippen molar-refractivity contribution in [2.45, 2.75) is 190 Å². The number of aryl methyl sites for hydroxylation is 1. The van der Waals surface area contributed by atoms with Crippen molar-refractivity contribution in [3.05, 3.63) is 24.6 Å². The number of unbranched alkanes of at least 4 members (excludes halogenated alkanes) is 19. The molecule has 1 aromatic carbocycles. The van der Waals surface area contributed by atoms with Crippen molar-refractivity contribution in [3.8, 4) is 0 Å². The van der Waals surface area contributed by atoms with Crippen LogP contribution in [-0.2, 0) is 6.42 Å². The molecule has 1 radical (unpaired) electrons. The van der Waals surface area contributed by atoms with Gasteiger partial charge in [0, 0.05) is 14.7 Å². The highest BCUT2D eigenvalue weighted by Crippen LogP contribution is 2.41. The summed E-state index contributed by atoms with van der Waals surface area (Å²) in [6.07, 6.45) is 32.8. The Hall–Kier alpha value is 0.270. The van der Waals surface area contributed by atoms with Crippen molar-refractivity contribution in [1.29, 1.82) is 0 Å². The highest BCUT2D eigenvalue weighted by atomic mass is 32.2. The van der Waals surface area contributed by atoms with Gasteiger partial charge < -0.3 is 0 Å². The molecule has 3 heteroatoms. The van der Waals surface area contributed by atoms with E-state index in [0.29, 0.717) is 0 Å². The third-order valence-corrected chi connectivity index (χ3v) is 11.5. The number of thioether (sulfide) groups is 3. The highest BCUT2D eigenvalue weighted by Gasteiger charge is 2.13. The molecular formula is C37H67S3. The van der Waals surface area contributed by atoms with E-state index >= 15 is 0 Å². The molecule has 0 amide bonds. The number of hydrogen-bond acceptors (Lipinski definition) is 3. The van der Waals surface area contributed by atoms with E-state index in [9.17, 15) is 0 Å². The van der Waals surface area contributed by atoms with E-state index in [1.165, 1.54) is 165 Å². The summed E-state index contributed by atoms with van der Waals surface area (Å²) in [5.74, 6) is 3.83. The van der Waals surface area contributed by atoms with E-state index in [2.05, 4.69) is 75.1 Å². The molecule has 1 aromatic rings. The first-order chi connectivity index (χ1) is 19.8. The summed E-state index contributed by atoms with van der Waals surface area (Å²) in [4.78, 5) is 4.79. The van der Waals surface area contributed by atoms with Crippen molar-refractivity contribution < 1.29 is 0 Å². The van der Waals surface area contributed by atoms with Crippen molar-refractivity contribution in [2.75, 3.05) is 17.3 Å². The minimum atomic E-state index is 1.04. The van der Waals surface area contributed by atoms with Crippen molar-refractivity contribution in [2.24, 2.45) is 0 Å². The average molecular weight is 608 g/mol. The van der Waals surface area contributed by atoms with Gasteiger partial charge in [0.25, 0.3) is 0 Å². The highest BCUT2D eigenvalue weighted by molar-refractivity contribution is 8.03. The summed E-state index contributed by atoms with van der Waals surface area (Å²) in [5.41, 5.74) is 1.55. The molecule has 1 rings (SSSR count). The second-order valence-corrected chi connectivity index (χ2v) is 15.2. The normalized spacial score (nSPS) is 11.5. The zero-order valence-corrected chi connectivity index (χ0v) is 29.6. The maximum atomic E-state index is 4.12. The second kappa shape index (κ2) is 29.3. The van der Waals surface area contributed by atoms with Gasteiger partial charge in [0.15, 0.2) is 0 Å².